The van der Waals surface area contributed by atoms with Crippen molar-refractivity contribution >= 4 is 29.9 Å². The van der Waals surface area contributed by atoms with Gasteiger partial charge in [-0.3, -0.25) is 9.59 Å². The van der Waals surface area contributed by atoms with E-state index in [9.17, 15) is 9.59 Å². The van der Waals surface area contributed by atoms with Crippen LogP contribution < -0.4 is 11.1 Å². The number of nitrogens with two attached hydrogens (primary N) is 1. The molecule has 0 atom stereocenters. The fourth-order valence-corrected chi connectivity index (χ4v) is 2.88. The largest absolute Gasteiger partial charge is 0.341 e. The Kier molecular flexibility index (Phi) is 6.59. The molecule has 0 spiro atoms. The fourth-order valence-electron chi connectivity index (χ4n) is 2.88. The van der Waals surface area contributed by atoms with Gasteiger partial charge in [0.2, 0.25) is 5.91 Å². The topological polar surface area (TPSA) is 75.4 Å². The van der Waals surface area contributed by atoms with Crippen molar-refractivity contribution in [2.24, 2.45) is 11.1 Å². The van der Waals surface area contributed by atoms with E-state index in [1.54, 1.807) is 18.0 Å². The van der Waals surface area contributed by atoms with Crippen molar-refractivity contribution in [3.05, 3.63) is 29.3 Å². The molecule has 0 radical (unpaired) electrons. The smallest absolute Gasteiger partial charge is 0.253 e. The number of anilines is 1. The molecule has 0 saturated carbocycles. The van der Waals surface area contributed by atoms with Gasteiger partial charge in [0, 0.05) is 31.4 Å². The summed E-state index contributed by atoms with van der Waals surface area (Å²) in [5.41, 5.74) is 7.64. The first-order chi connectivity index (χ1) is 10.5. The molecule has 2 rings (SSSR count). The van der Waals surface area contributed by atoms with Gasteiger partial charge in [-0.05, 0) is 37.0 Å². The normalized spacial score (nSPS) is 14.1. The molecule has 0 unspecified atom stereocenters. The Morgan fingerprint density at radius 2 is 2.00 bits per heavy atom. The molecule has 0 saturated heterocycles. The monoisotopic (exact) mass is 339 g/mol. The SMILES string of the molecule is CCC(CC)(CN)C(=O)Nc1ccc2c(c1)C(=O)N(C)CC2.Cl. The second-order valence-electron chi connectivity index (χ2n) is 5.99. The third-order valence-corrected chi connectivity index (χ3v) is 4.89. The van der Waals surface area contributed by atoms with Crippen LogP contribution in [0, 0.1) is 5.41 Å². The second-order valence-corrected chi connectivity index (χ2v) is 5.99. The third kappa shape index (κ3) is 3.67. The van der Waals surface area contributed by atoms with Crippen LogP contribution in [0.2, 0.25) is 0 Å². The van der Waals surface area contributed by atoms with Crippen LogP contribution >= 0.6 is 12.4 Å². The summed E-state index contributed by atoms with van der Waals surface area (Å²) in [6.07, 6.45) is 2.24. The van der Waals surface area contributed by atoms with Gasteiger partial charge in [0.05, 0.1) is 5.41 Å². The molecule has 6 heteroatoms. The van der Waals surface area contributed by atoms with Gasteiger partial charge >= 0.3 is 0 Å². The molecule has 0 fully saturated rings. The van der Waals surface area contributed by atoms with Crippen LogP contribution in [0.25, 0.3) is 0 Å². The number of amides is 2. The number of nitrogens with one attached hydrogen (secondary N) is 1. The molecule has 0 aromatic heterocycles. The molecule has 128 valence electrons. The lowest BCUT2D eigenvalue weighted by Gasteiger charge is -2.29. The summed E-state index contributed by atoms with van der Waals surface area (Å²) in [4.78, 5) is 26.5. The lowest BCUT2D eigenvalue weighted by Crippen LogP contribution is -2.41. The number of nitrogens with zero attached hydrogens (tertiary/aromatic N) is 1. The van der Waals surface area contributed by atoms with Crippen molar-refractivity contribution in [3.63, 3.8) is 0 Å². The first-order valence-corrected chi connectivity index (χ1v) is 7.87. The molecule has 2 amide bonds. The van der Waals surface area contributed by atoms with Crippen LogP contribution in [0.15, 0.2) is 18.2 Å². The maximum atomic E-state index is 12.6. The lowest BCUT2D eigenvalue weighted by molar-refractivity contribution is -0.125. The first-order valence-electron chi connectivity index (χ1n) is 7.87. The van der Waals surface area contributed by atoms with Gasteiger partial charge in [-0.25, -0.2) is 0 Å². The predicted molar refractivity (Wildman–Crippen MR) is 95.1 cm³/mol. The van der Waals surface area contributed by atoms with Gasteiger partial charge in [0.25, 0.3) is 5.91 Å². The maximum Gasteiger partial charge on any atom is 0.253 e. The Morgan fingerprint density at radius 1 is 1.35 bits per heavy atom. The van der Waals surface area contributed by atoms with E-state index >= 15 is 0 Å². The Bertz CT molecular complexity index is 577. The van der Waals surface area contributed by atoms with Gasteiger partial charge in [-0.2, -0.15) is 0 Å². The highest BCUT2D eigenvalue weighted by Gasteiger charge is 2.33. The molecule has 1 aromatic carbocycles. The Labute approximate surface area is 144 Å². The summed E-state index contributed by atoms with van der Waals surface area (Å²) in [5.74, 6) is -0.0648. The zero-order chi connectivity index (χ0) is 16.3. The average molecular weight is 340 g/mol. The lowest BCUT2D eigenvalue weighted by atomic mass is 9.81. The number of fused-ring (bicyclic) bond motifs is 1. The molecule has 1 aromatic rings. The number of likely N-dealkylation sites (N-methyl/N-ethyl adjacent to an activating group) is 1. The maximum absolute atomic E-state index is 12.6. The highest BCUT2D eigenvalue weighted by Crippen LogP contribution is 2.28. The van der Waals surface area contributed by atoms with Gasteiger partial charge < -0.3 is 16.0 Å². The van der Waals surface area contributed by atoms with Crippen molar-refractivity contribution in [2.75, 3.05) is 25.5 Å². The van der Waals surface area contributed by atoms with Gasteiger partial charge in [0.15, 0.2) is 0 Å². The van der Waals surface area contributed by atoms with Crippen molar-refractivity contribution in [3.8, 4) is 0 Å². The number of hydrogen-bond donors (Lipinski definition) is 2. The van der Waals surface area contributed by atoms with Gasteiger partial charge in [-0.1, -0.05) is 19.9 Å². The number of carbonyl (C=O) groups is 2. The minimum atomic E-state index is -0.545. The van der Waals surface area contributed by atoms with Crippen LogP contribution in [0.1, 0.15) is 42.6 Å². The number of benzene rings is 1. The van der Waals surface area contributed by atoms with Crippen molar-refractivity contribution < 1.29 is 9.59 Å². The molecule has 5 nitrogen and oxygen atoms in total. The highest BCUT2D eigenvalue weighted by atomic mass is 35.5. The Morgan fingerprint density at radius 3 is 2.57 bits per heavy atom. The third-order valence-electron chi connectivity index (χ3n) is 4.89. The van der Waals surface area contributed by atoms with E-state index in [2.05, 4.69) is 5.32 Å². The summed E-state index contributed by atoms with van der Waals surface area (Å²) >= 11 is 0. The van der Waals surface area contributed by atoms with Crippen molar-refractivity contribution in [1.29, 1.82) is 0 Å². The summed E-state index contributed by atoms with van der Waals surface area (Å²) in [6, 6.07) is 5.57. The number of rotatable bonds is 5. The highest BCUT2D eigenvalue weighted by molar-refractivity contribution is 6.00. The molecule has 3 N–H and O–H groups in total. The predicted octanol–water partition coefficient (Wildman–Crippen LogP) is 2.44. The van der Waals surface area contributed by atoms with E-state index in [0.29, 0.717) is 30.6 Å². The summed E-state index contributed by atoms with van der Waals surface area (Å²) < 4.78 is 0. The zero-order valence-electron chi connectivity index (χ0n) is 14.0. The quantitative estimate of drug-likeness (QED) is 0.865. The molecule has 1 heterocycles. The molecule has 0 bridgehead atoms. The van der Waals surface area contributed by atoms with E-state index in [1.165, 1.54) is 0 Å². The van der Waals surface area contributed by atoms with E-state index in [4.69, 9.17) is 5.73 Å². The van der Waals surface area contributed by atoms with Crippen molar-refractivity contribution in [2.45, 2.75) is 33.1 Å². The molecule has 0 aliphatic carbocycles. The fraction of sp³-hybridized carbons (Fsp3) is 0.529. The molecule has 1 aliphatic heterocycles. The molecular weight excluding hydrogens is 314 g/mol. The number of carbonyl (C=O) groups excluding carboxylic acids is 2. The Balaban J connectivity index is 0.00000264. The number of hydrogen-bond acceptors (Lipinski definition) is 3. The van der Waals surface area contributed by atoms with Crippen molar-refractivity contribution in [1.82, 2.24) is 4.90 Å². The van der Waals surface area contributed by atoms with E-state index in [1.807, 2.05) is 26.0 Å². The summed E-state index contributed by atoms with van der Waals surface area (Å²) in [5, 5.41) is 2.93. The van der Waals surface area contributed by atoms with E-state index < -0.39 is 5.41 Å². The summed E-state index contributed by atoms with van der Waals surface area (Å²) in [6.45, 7) is 5.00. The molecule has 1 aliphatic rings. The van der Waals surface area contributed by atoms with Crippen LogP contribution in [0.5, 0.6) is 0 Å². The van der Waals surface area contributed by atoms with Gasteiger partial charge in [-0.15, -0.1) is 12.4 Å². The Hall–Kier alpha value is -1.59. The average Bonchev–Trinajstić information content (AvgIpc) is 2.54. The second kappa shape index (κ2) is 7.79. The van der Waals surface area contributed by atoms with Crippen LogP contribution in [0.4, 0.5) is 5.69 Å². The standard InChI is InChI=1S/C17H25N3O2.ClH/c1-4-17(5-2,11-18)16(22)19-13-7-6-12-8-9-20(3)15(21)14(12)10-13;/h6-7,10H,4-5,8-9,11,18H2,1-3H3,(H,19,22);1H. The number of halogens is 1. The first kappa shape index (κ1) is 19.5. The van der Waals surface area contributed by atoms with Crippen LogP contribution in [-0.4, -0.2) is 36.9 Å². The summed E-state index contributed by atoms with van der Waals surface area (Å²) in [7, 11) is 1.80. The minimum absolute atomic E-state index is 0. The molecular formula is C17H26ClN3O2. The molecule has 23 heavy (non-hydrogen) atoms. The van der Waals surface area contributed by atoms with Gasteiger partial charge in [0.1, 0.15) is 0 Å². The zero-order valence-corrected chi connectivity index (χ0v) is 14.8. The van der Waals surface area contributed by atoms with Crippen LogP contribution in [0.3, 0.4) is 0 Å². The van der Waals surface area contributed by atoms with Crippen LogP contribution in [-0.2, 0) is 11.2 Å². The minimum Gasteiger partial charge on any atom is -0.341 e. The van der Waals surface area contributed by atoms with E-state index in [-0.39, 0.29) is 24.2 Å². The van der Waals surface area contributed by atoms with E-state index in [0.717, 1.165) is 18.5 Å².